The fourth-order valence-corrected chi connectivity index (χ4v) is 4.10. The maximum absolute atomic E-state index is 10.9. The van der Waals surface area contributed by atoms with Gasteiger partial charge in [0, 0.05) is 17.0 Å². The topological polar surface area (TPSA) is 58.4 Å². The molecule has 1 N–H and O–H groups in total. The molecule has 6 heteroatoms. The van der Waals surface area contributed by atoms with Crippen molar-refractivity contribution in [1.82, 2.24) is 10.2 Å². The third-order valence-corrected chi connectivity index (χ3v) is 5.11. The van der Waals surface area contributed by atoms with Crippen molar-refractivity contribution in [1.29, 1.82) is 0 Å². The van der Waals surface area contributed by atoms with E-state index in [1.165, 1.54) is 30.6 Å². The van der Waals surface area contributed by atoms with E-state index in [0.717, 1.165) is 24.5 Å². The van der Waals surface area contributed by atoms with E-state index in [9.17, 15) is 10.1 Å². The molecule has 1 aromatic heterocycles. The smallest absolute Gasteiger partial charge is 0.317 e. The Balaban J connectivity index is 2.22. The lowest BCUT2D eigenvalue weighted by Gasteiger charge is -2.31. The third kappa shape index (κ3) is 3.56. The summed E-state index contributed by atoms with van der Waals surface area (Å²) in [5.74, 6) is 0.528. The molecule has 5 nitrogen and oxygen atoms in total. The van der Waals surface area contributed by atoms with Gasteiger partial charge in [0.2, 0.25) is 0 Å². The quantitative estimate of drug-likeness (QED) is 0.670. The average molecular weight is 297 g/mol. The zero-order chi connectivity index (χ0) is 14.5. The molecule has 1 fully saturated rings. The molecule has 2 unspecified atom stereocenters. The maximum Gasteiger partial charge on any atom is 0.324 e. The van der Waals surface area contributed by atoms with Crippen LogP contribution in [0.1, 0.15) is 37.1 Å². The molecule has 0 aliphatic carbocycles. The predicted octanol–water partition coefficient (Wildman–Crippen LogP) is 3.04. The standard InChI is InChI=1S/C14H23N3O2S/c1-3-15-10-11-6-4-5-9-16(2)14(11)12-7-8-13(20-12)17(18)19/h7-8,11,14-15H,3-6,9-10H2,1-2H3. The van der Waals surface area contributed by atoms with Crippen molar-refractivity contribution in [2.75, 3.05) is 26.7 Å². The van der Waals surface area contributed by atoms with Crippen LogP contribution >= 0.6 is 11.3 Å². The van der Waals surface area contributed by atoms with Gasteiger partial charge in [0.25, 0.3) is 0 Å². The Morgan fingerprint density at radius 1 is 1.50 bits per heavy atom. The summed E-state index contributed by atoms with van der Waals surface area (Å²) >= 11 is 1.33. The summed E-state index contributed by atoms with van der Waals surface area (Å²) in [5, 5.41) is 14.6. The summed E-state index contributed by atoms with van der Waals surface area (Å²) < 4.78 is 0. The van der Waals surface area contributed by atoms with Crippen LogP contribution < -0.4 is 5.32 Å². The van der Waals surface area contributed by atoms with Gasteiger partial charge in [-0.1, -0.05) is 24.7 Å². The minimum atomic E-state index is -0.288. The number of likely N-dealkylation sites (tertiary alicyclic amines) is 1. The van der Waals surface area contributed by atoms with Crippen LogP contribution in [-0.4, -0.2) is 36.5 Å². The summed E-state index contributed by atoms with van der Waals surface area (Å²) in [6, 6.07) is 3.88. The van der Waals surface area contributed by atoms with Crippen LogP contribution in [0.4, 0.5) is 5.00 Å². The number of hydrogen-bond acceptors (Lipinski definition) is 5. The van der Waals surface area contributed by atoms with Crippen molar-refractivity contribution in [2.24, 2.45) is 5.92 Å². The van der Waals surface area contributed by atoms with Gasteiger partial charge in [0.15, 0.2) is 0 Å². The van der Waals surface area contributed by atoms with E-state index >= 15 is 0 Å². The van der Waals surface area contributed by atoms with E-state index in [2.05, 4.69) is 24.2 Å². The molecule has 112 valence electrons. The molecule has 1 aliphatic heterocycles. The van der Waals surface area contributed by atoms with Crippen LogP contribution in [0.15, 0.2) is 12.1 Å². The van der Waals surface area contributed by atoms with Gasteiger partial charge in [0.05, 0.1) is 4.92 Å². The Labute approximate surface area is 124 Å². The van der Waals surface area contributed by atoms with Gasteiger partial charge in [-0.15, -0.1) is 0 Å². The fraction of sp³-hybridized carbons (Fsp3) is 0.714. The van der Waals surface area contributed by atoms with Gasteiger partial charge in [-0.05, 0) is 51.5 Å². The highest BCUT2D eigenvalue weighted by molar-refractivity contribution is 7.15. The van der Waals surface area contributed by atoms with Gasteiger partial charge in [-0.3, -0.25) is 15.0 Å². The zero-order valence-corrected chi connectivity index (χ0v) is 13.0. The molecule has 2 atom stereocenters. The number of nitro groups is 1. The molecule has 2 rings (SSSR count). The van der Waals surface area contributed by atoms with E-state index in [0.29, 0.717) is 12.0 Å². The first-order valence-corrected chi connectivity index (χ1v) is 8.10. The van der Waals surface area contributed by atoms with Gasteiger partial charge in [-0.2, -0.15) is 0 Å². The highest BCUT2D eigenvalue weighted by Crippen LogP contribution is 2.39. The predicted molar refractivity (Wildman–Crippen MR) is 82.2 cm³/mol. The lowest BCUT2D eigenvalue weighted by atomic mass is 9.93. The third-order valence-electron chi connectivity index (χ3n) is 4.00. The summed E-state index contributed by atoms with van der Waals surface area (Å²) in [7, 11) is 2.14. The average Bonchev–Trinajstić information content (AvgIpc) is 2.82. The van der Waals surface area contributed by atoms with Crippen molar-refractivity contribution in [3.63, 3.8) is 0 Å². The zero-order valence-electron chi connectivity index (χ0n) is 12.2. The van der Waals surface area contributed by atoms with Crippen LogP contribution in [-0.2, 0) is 0 Å². The second-order valence-electron chi connectivity index (χ2n) is 5.42. The number of nitrogens with zero attached hydrogens (tertiary/aromatic N) is 2. The Kier molecular flexibility index (Phi) is 5.51. The van der Waals surface area contributed by atoms with E-state index in [1.807, 2.05) is 6.07 Å². The molecular formula is C14H23N3O2S. The molecule has 0 bridgehead atoms. The Morgan fingerprint density at radius 2 is 2.30 bits per heavy atom. The second kappa shape index (κ2) is 7.15. The molecule has 2 heterocycles. The van der Waals surface area contributed by atoms with Crippen LogP contribution in [0.3, 0.4) is 0 Å². The van der Waals surface area contributed by atoms with E-state index in [1.54, 1.807) is 6.07 Å². The maximum atomic E-state index is 10.9. The molecule has 0 amide bonds. The van der Waals surface area contributed by atoms with Crippen LogP contribution in [0.25, 0.3) is 0 Å². The first-order valence-electron chi connectivity index (χ1n) is 7.28. The molecule has 20 heavy (non-hydrogen) atoms. The van der Waals surface area contributed by atoms with Gasteiger partial charge < -0.3 is 5.32 Å². The van der Waals surface area contributed by atoms with Crippen LogP contribution in [0, 0.1) is 16.0 Å². The van der Waals surface area contributed by atoms with Crippen molar-refractivity contribution < 1.29 is 4.92 Å². The first kappa shape index (κ1) is 15.4. The van der Waals surface area contributed by atoms with Crippen LogP contribution in [0.5, 0.6) is 0 Å². The van der Waals surface area contributed by atoms with Crippen molar-refractivity contribution >= 4 is 16.3 Å². The Bertz CT molecular complexity index is 449. The lowest BCUT2D eigenvalue weighted by molar-refractivity contribution is -0.380. The summed E-state index contributed by atoms with van der Waals surface area (Å²) in [6.07, 6.45) is 3.64. The summed E-state index contributed by atoms with van der Waals surface area (Å²) in [5.41, 5.74) is 0. The molecule has 0 radical (unpaired) electrons. The largest absolute Gasteiger partial charge is 0.324 e. The Hall–Kier alpha value is -0.980. The second-order valence-corrected chi connectivity index (χ2v) is 6.52. The number of thiophene rings is 1. The summed E-state index contributed by atoms with van der Waals surface area (Å²) in [6.45, 7) is 5.14. The molecule has 1 aliphatic rings. The van der Waals surface area contributed by atoms with Crippen molar-refractivity contribution in [3.05, 3.63) is 27.1 Å². The first-order chi connectivity index (χ1) is 9.63. The SMILES string of the molecule is CCNCC1CCCCN(C)C1c1ccc([N+](=O)[O-])s1. The minimum Gasteiger partial charge on any atom is -0.317 e. The minimum absolute atomic E-state index is 0.250. The highest BCUT2D eigenvalue weighted by Gasteiger charge is 2.30. The number of rotatable bonds is 5. The molecule has 1 aromatic rings. The van der Waals surface area contributed by atoms with Crippen LogP contribution in [0.2, 0.25) is 0 Å². The lowest BCUT2D eigenvalue weighted by Crippen LogP contribution is -2.34. The Morgan fingerprint density at radius 3 is 2.95 bits per heavy atom. The van der Waals surface area contributed by atoms with Gasteiger partial charge in [0.1, 0.15) is 0 Å². The van der Waals surface area contributed by atoms with Gasteiger partial charge in [-0.25, -0.2) is 0 Å². The molecule has 0 spiro atoms. The van der Waals surface area contributed by atoms with Crippen molar-refractivity contribution in [3.8, 4) is 0 Å². The van der Waals surface area contributed by atoms with Gasteiger partial charge >= 0.3 is 5.00 Å². The molecule has 0 saturated carbocycles. The molecular weight excluding hydrogens is 274 g/mol. The normalized spacial score (nSPS) is 24.5. The number of hydrogen-bond donors (Lipinski definition) is 1. The highest BCUT2D eigenvalue weighted by atomic mass is 32.1. The number of nitrogens with one attached hydrogen (secondary N) is 1. The monoisotopic (exact) mass is 297 g/mol. The summed E-state index contributed by atoms with van der Waals surface area (Å²) in [4.78, 5) is 14.1. The van der Waals surface area contributed by atoms with E-state index in [-0.39, 0.29) is 9.92 Å². The molecule has 1 saturated heterocycles. The fourth-order valence-electron chi connectivity index (χ4n) is 3.02. The van der Waals surface area contributed by atoms with E-state index in [4.69, 9.17) is 0 Å². The van der Waals surface area contributed by atoms with E-state index < -0.39 is 0 Å². The van der Waals surface area contributed by atoms with Crippen molar-refractivity contribution in [2.45, 2.75) is 32.2 Å². The molecule has 0 aromatic carbocycles.